The van der Waals surface area contributed by atoms with Gasteiger partial charge in [0.15, 0.2) is 0 Å². The lowest BCUT2D eigenvalue weighted by molar-refractivity contribution is -0.000119. The molecule has 0 bridgehead atoms. The molecule has 0 unspecified atom stereocenters. The van der Waals surface area contributed by atoms with Crippen molar-refractivity contribution in [2.24, 2.45) is 0 Å². The molecule has 0 atom stereocenters. The van der Waals surface area contributed by atoms with E-state index in [2.05, 4.69) is 21.0 Å². The van der Waals surface area contributed by atoms with Crippen LogP contribution in [0.1, 0.15) is 32.3 Å². The van der Waals surface area contributed by atoms with Crippen LogP contribution in [-0.4, -0.2) is 28.1 Å². The second-order valence-electron chi connectivity index (χ2n) is 6.34. The van der Waals surface area contributed by atoms with Crippen molar-refractivity contribution in [1.82, 2.24) is 15.0 Å². The summed E-state index contributed by atoms with van der Waals surface area (Å²) in [7, 11) is 1.73. The molecule has 0 saturated carbocycles. The fourth-order valence-corrected chi connectivity index (χ4v) is 3.50. The number of hydrogen-bond acceptors (Lipinski definition) is 4. The lowest BCUT2D eigenvalue weighted by Gasteiger charge is -2.40. The van der Waals surface area contributed by atoms with Crippen LogP contribution in [0.4, 0.5) is 10.5 Å². The SMILES string of the molecule is CCC1(CC)OC(=O)N(C)c2cc3nc(-c4ccncc4)[nH]c3cc21. The Kier molecular flexibility index (Phi) is 3.49. The second kappa shape index (κ2) is 5.58. The number of nitrogens with one attached hydrogen (secondary N) is 1. The number of rotatable bonds is 3. The molecule has 0 fully saturated rings. The van der Waals surface area contributed by atoms with Crippen LogP contribution in [0.2, 0.25) is 0 Å². The van der Waals surface area contributed by atoms with E-state index >= 15 is 0 Å². The standard InChI is InChI=1S/C19H20N4O2/c1-4-19(5-2)13-10-14-15(11-16(13)23(3)18(24)25-19)22-17(21-14)12-6-8-20-9-7-12/h6-11H,4-5H2,1-3H3,(H,21,22). The number of nitrogens with zero attached hydrogens (tertiary/aromatic N) is 3. The summed E-state index contributed by atoms with van der Waals surface area (Å²) in [6.45, 7) is 4.09. The van der Waals surface area contributed by atoms with Crippen molar-refractivity contribution in [2.75, 3.05) is 11.9 Å². The van der Waals surface area contributed by atoms with E-state index in [0.717, 1.165) is 46.5 Å². The van der Waals surface area contributed by atoms with Crippen LogP contribution in [0.5, 0.6) is 0 Å². The minimum Gasteiger partial charge on any atom is -0.438 e. The number of fused-ring (bicyclic) bond motifs is 2. The van der Waals surface area contributed by atoms with Gasteiger partial charge in [-0.1, -0.05) is 13.8 Å². The molecule has 4 rings (SSSR count). The Morgan fingerprint density at radius 1 is 1.20 bits per heavy atom. The fraction of sp³-hybridized carbons (Fsp3) is 0.316. The molecule has 128 valence electrons. The van der Waals surface area contributed by atoms with E-state index in [4.69, 9.17) is 4.74 Å². The summed E-state index contributed by atoms with van der Waals surface area (Å²) in [6, 6.07) is 7.86. The summed E-state index contributed by atoms with van der Waals surface area (Å²) in [6.07, 6.45) is 4.63. The van der Waals surface area contributed by atoms with Gasteiger partial charge >= 0.3 is 6.09 Å². The van der Waals surface area contributed by atoms with Gasteiger partial charge in [-0.3, -0.25) is 9.88 Å². The number of pyridine rings is 1. The van der Waals surface area contributed by atoms with Gasteiger partial charge in [-0.25, -0.2) is 9.78 Å². The van der Waals surface area contributed by atoms with Crippen molar-refractivity contribution < 1.29 is 9.53 Å². The summed E-state index contributed by atoms with van der Waals surface area (Å²) in [5.41, 5.74) is 4.03. The average molecular weight is 336 g/mol. The first kappa shape index (κ1) is 15.6. The number of aromatic nitrogens is 3. The zero-order chi connectivity index (χ0) is 17.6. The number of hydrogen-bond donors (Lipinski definition) is 1. The van der Waals surface area contributed by atoms with Crippen LogP contribution >= 0.6 is 0 Å². The van der Waals surface area contributed by atoms with Crippen LogP contribution in [0.25, 0.3) is 22.4 Å². The van der Waals surface area contributed by atoms with Crippen molar-refractivity contribution in [3.05, 3.63) is 42.2 Å². The summed E-state index contributed by atoms with van der Waals surface area (Å²) >= 11 is 0. The third-order valence-electron chi connectivity index (χ3n) is 5.10. The Labute approximate surface area is 145 Å². The molecule has 25 heavy (non-hydrogen) atoms. The van der Waals surface area contributed by atoms with Gasteiger partial charge in [-0.2, -0.15) is 0 Å². The van der Waals surface area contributed by atoms with Crippen LogP contribution in [0, 0.1) is 0 Å². The van der Waals surface area contributed by atoms with Crippen LogP contribution in [0.15, 0.2) is 36.7 Å². The fourth-order valence-electron chi connectivity index (χ4n) is 3.50. The van der Waals surface area contributed by atoms with Gasteiger partial charge in [-0.15, -0.1) is 0 Å². The molecular formula is C19H20N4O2. The molecule has 1 aromatic carbocycles. The third-order valence-corrected chi connectivity index (χ3v) is 5.10. The Hall–Kier alpha value is -2.89. The summed E-state index contributed by atoms with van der Waals surface area (Å²) in [4.78, 5) is 26.0. The number of amides is 1. The minimum atomic E-state index is -0.588. The highest BCUT2D eigenvalue weighted by molar-refractivity contribution is 5.95. The number of ether oxygens (including phenoxy) is 1. The van der Waals surface area contributed by atoms with Crippen molar-refractivity contribution in [3.8, 4) is 11.4 Å². The largest absolute Gasteiger partial charge is 0.438 e. The highest BCUT2D eigenvalue weighted by atomic mass is 16.6. The van der Waals surface area contributed by atoms with Crippen LogP contribution in [0.3, 0.4) is 0 Å². The predicted octanol–water partition coefficient (Wildman–Crippen LogP) is 4.23. The van der Waals surface area contributed by atoms with Crippen molar-refractivity contribution in [1.29, 1.82) is 0 Å². The normalized spacial score (nSPS) is 16.0. The van der Waals surface area contributed by atoms with E-state index in [1.54, 1.807) is 24.3 Å². The number of H-pyrrole nitrogens is 1. The number of benzene rings is 1. The Morgan fingerprint density at radius 2 is 1.92 bits per heavy atom. The predicted molar refractivity (Wildman–Crippen MR) is 96.5 cm³/mol. The lowest BCUT2D eigenvalue weighted by Crippen LogP contribution is -2.43. The molecular weight excluding hydrogens is 316 g/mol. The molecule has 1 aliphatic rings. The minimum absolute atomic E-state index is 0.319. The van der Waals surface area contributed by atoms with E-state index in [0.29, 0.717) is 0 Å². The van der Waals surface area contributed by atoms with Crippen molar-refractivity contribution in [2.45, 2.75) is 32.3 Å². The molecule has 0 radical (unpaired) electrons. The number of imidazole rings is 1. The van der Waals surface area contributed by atoms with Crippen molar-refractivity contribution in [3.63, 3.8) is 0 Å². The second-order valence-corrected chi connectivity index (χ2v) is 6.34. The van der Waals surface area contributed by atoms with Gasteiger partial charge in [0, 0.05) is 30.6 Å². The molecule has 6 nitrogen and oxygen atoms in total. The smallest absolute Gasteiger partial charge is 0.414 e. The summed E-state index contributed by atoms with van der Waals surface area (Å²) in [5, 5.41) is 0. The zero-order valence-corrected chi connectivity index (χ0v) is 14.5. The number of carbonyl (C=O) groups is 1. The molecule has 3 aromatic rings. The Morgan fingerprint density at radius 3 is 2.60 bits per heavy atom. The van der Waals surface area contributed by atoms with E-state index < -0.39 is 5.60 Å². The molecule has 6 heteroatoms. The maximum Gasteiger partial charge on any atom is 0.414 e. The quantitative estimate of drug-likeness (QED) is 0.777. The van der Waals surface area contributed by atoms with Gasteiger partial charge < -0.3 is 9.72 Å². The van der Waals surface area contributed by atoms with Crippen molar-refractivity contribution >= 4 is 22.8 Å². The van der Waals surface area contributed by atoms with E-state index in [9.17, 15) is 4.79 Å². The van der Waals surface area contributed by atoms with Gasteiger partial charge in [0.25, 0.3) is 0 Å². The van der Waals surface area contributed by atoms with E-state index in [1.165, 1.54) is 0 Å². The summed E-state index contributed by atoms with van der Waals surface area (Å²) in [5.74, 6) is 0.785. The number of cyclic esters (lactones) is 1. The van der Waals surface area contributed by atoms with Gasteiger partial charge in [0.05, 0.1) is 16.7 Å². The zero-order valence-electron chi connectivity index (χ0n) is 14.5. The van der Waals surface area contributed by atoms with Gasteiger partial charge in [0.1, 0.15) is 11.4 Å². The Bertz CT molecular complexity index is 945. The van der Waals surface area contributed by atoms with Gasteiger partial charge in [0.2, 0.25) is 0 Å². The van der Waals surface area contributed by atoms with Crippen LogP contribution in [-0.2, 0) is 10.3 Å². The number of aromatic amines is 1. The lowest BCUT2D eigenvalue weighted by atomic mass is 9.85. The maximum atomic E-state index is 12.3. The highest BCUT2D eigenvalue weighted by Crippen LogP contribution is 2.44. The monoisotopic (exact) mass is 336 g/mol. The first-order chi connectivity index (χ1) is 12.1. The Balaban J connectivity index is 1.93. The highest BCUT2D eigenvalue weighted by Gasteiger charge is 2.42. The van der Waals surface area contributed by atoms with Crippen LogP contribution < -0.4 is 4.90 Å². The number of anilines is 1. The number of carbonyl (C=O) groups excluding carboxylic acids is 1. The van der Waals surface area contributed by atoms with E-state index in [-0.39, 0.29) is 6.09 Å². The maximum absolute atomic E-state index is 12.3. The van der Waals surface area contributed by atoms with Gasteiger partial charge in [-0.05, 0) is 37.1 Å². The molecule has 0 spiro atoms. The topological polar surface area (TPSA) is 71.1 Å². The molecule has 1 N–H and O–H groups in total. The first-order valence-electron chi connectivity index (χ1n) is 8.49. The molecule has 1 aliphatic heterocycles. The average Bonchev–Trinajstić information content (AvgIpc) is 3.07. The third kappa shape index (κ3) is 2.28. The van der Waals surface area contributed by atoms with E-state index in [1.807, 2.05) is 32.0 Å². The molecule has 0 aliphatic carbocycles. The first-order valence-corrected chi connectivity index (χ1v) is 8.49. The summed E-state index contributed by atoms with van der Waals surface area (Å²) < 4.78 is 5.80. The molecule has 2 aromatic heterocycles. The molecule has 0 saturated heterocycles. The molecule has 3 heterocycles. The molecule has 1 amide bonds.